The van der Waals surface area contributed by atoms with E-state index in [4.69, 9.17) is 17.2 Å². The van der Waals surface area contributed by atoms with Crippen molar-refractivity contribution in [3.05, 3.63) is 40.3 Å². The third-order valence-electron chi connectivity index (χ3n) is 6.28. The van der Waals surface area contributed by atoms with E-state index in [0.717, 1.165) is 60.6 Å². The van der Waals surface area contributed by atoms with Gasteiger partial charge in [-0.1, -0.05) is 68.9 Å². The molecule has 2 aromatic rings. The average Bonchev–Trinajstić information content (AvgIpc) is 3.02. The van der Waals surface area contributed by atoms with Crippen LogP contribution in [0, 0.1) is 12.8 Å². The van der Waals surface area contributed by atoms with Crippen LogP contribution in [0.4, 0.5) is 5.82 Å². The molecule has 164 valence electrons. The van der Waals surface area contributed by atoms with Gasteiger partial charge in [0, 0.05) is 30.6 Å². The van der Waals surface area contributed by atoms with Crippen molar-refractivity contribution in [3.63, 3.8) is 0 Å². The number of unbranched alkanes of at least 4 members (excludes halogenated alkanes) is 2. The Morgan fingerprint density at radius 2 is 2.03 bits per heavy atom. The number of thioether (sulfide) groups is 1. The largest absolute Gasteiger partial charge is 0.356 e. The summed E-state index contributed by atoms with van der Waals surface area (Å²) in [5.74, 6) is 1.78. The van der Waals surface area contributed by atoms with Gasteiger partial charge in [-0.3, -0.25) is 9.69 Å². The van der Waals surface area contributed by atoms with Crippen LogP contribution in [0.5, 0.6) is 0 Å². The van der Waals surface area contributed by atoms with Gasteiger partial charge in [-0.05, 0) is 49.8 Å². The molecule has 1 aromatic heterocycles. The first-order valence-electron chi connectivity index (χ1n) is 11.4. The molecule has 0 bridgehead atoms. The van der Waals surface area contributed by atoms with Crippen LogP contribution in [0.3, 0.4) is 0 Å². The molecule has 0 atom stereocenters. The Kier molecular flexibility index (Phi) is 6.97. The summed E-state index contributed by atoms with van der Waals surface area (Å²) in [6.45, 7) is 9.32. The molecule has 2 fully saturated rings. The van der Waals surface area contributed by atoms with Crippen molar-refractivity contribution in [1.82, 2.24) is 9.88 Å². The van der Waals surface area contributed by atoms with Gasteiger partial charge in [-0.25, -0.2) is 4.98 Å². The predicted molar refractivity (Wildman–Crippen MR) is 136 cm³/mol. The fraction of sp³-hybridized carbons (Fsp3) is 0.480. The summed E-state index contributed by atoms with van der Waals surface area (Å²) >= 11 is 6.95. The highest BCUT2D eigenvalue weighted by molar-refractivity contribution is 8.26. The zero-order valence-corrected chi connectivity index (χ0v) is 20.3. The van der Waals surface area contributed by atoms with Gasteiger partial charge in [0.1, 0.15) is 10.1 Å². The zero-order valence-electron chi connectivity index (χ0n) is 18.7. The minimum atomic E-state index is 0.0358. The van der Waals surface area contributed by atoms with Crippen molar-refractivity contribution < 1.29 is 4.79 Å². The summed E-state index contributed by atoms with van der Waals surface area (Å²) in [4.78, 5) is 23.0. The number of hydrogen-bond acceptors (Lipinski definition) is 5. The Bertz CT molecular complexity index is 1020. The number of benzene rings is 1. The zero-order chi connectivity index (χ0) is 22.0. The number of aromatic nitrogens is 1. The third kappa shape index (κ3) is 4.80. The first kappa shape index (κ1) is 22.3. The molecule has 2 aliphatic heterocycles. The van der Waals surface area contributed by atoms with Crippen molar-refractivity contribution in [2.24, 2.45) is 5.92 Å². The maximum Gasteiger partial charge on any atom is 0.266 e. The van der Waals surface area contributed by atoms with Crippen LogP contribution in [0.15, 0.2) is 29.2 Å². The molecule has 0 radical (unpaired) electrons. The highest BCUT2D eigenvalue weighted by Crippen LogP contribution is 2.36. The molecule has 4 nitrogen and oxygen atoms in total. The summed E-state index contributed by atoms with van der Waals surface area (Å²) in [5.41, 5.74) is 3.24. The first-order chi connectivity index (χ1) is 15.0. The molecule has 0 spiro atoms. The number of fused-ring (bicyclic) bond motifs is 1. The second kappa shape index (κ2) is 9.70. The molecule has 2 saturated heterocycles. The molecule has 0 aliphatic carbocycles. The predicted octanol–water partition coefficient (Wildman–Crippen LogP) is 6.17. The van der Waals surface area contributed by atoms with Crippen molar-refractivity contribution in [2.45, 2.75) is 52.9 Å². The number of pyridine rings is 1. The van der Waals surface area contributed by atoms with E-state index in [1.165, 1.54) is 30.2 Å². The monoisotopic (exact) mass is 453 g/mol. The maximum absolute atomic E-state index is 13.1. The number of anilines is 1. The van der Waals surface area contributed by atoms with Crippen LogP contribution in [-0.4, -0.2) is 39.7 Å². The first-order valence-corrected chi connectivity index (χ1v) is 12.6. The molecule has 0 N–H and O–H groups in total. The minimum Gasteiger partial charge on any atom is -0.356 e. The number of para-hydroxylation sites is 1. The fourth-order valence-electron chi connectivity index (χ4n) is 4.29. The van der Waals surface area contributed by atoms with Crippen molar-refractivity contribution in [2.75, 3.05) is 24.5 Å². The molecule has 4 rings (SSSR count). The Labute approximate surface area is 195 Å². The van der Waals surface area contributed by atoms with E-state index in [1.54, 1.807) is 4.90 Å². The highest BCUT2D eigenvalue weighted by Gasteiger charge is 2.32. The summed E-state index contributed by atoms with van der Waals surface area (Å²) in [5, 5.41) is 1.11. The summed E-state index contributed by atoms with van der Waals surface area (Å²) in [6, 6.07) is 8.47. The topological polar surface area (TPSA) is 36.4 Å². The van der Waals surface area contributed by atoms with E-state index in [2.05, 4.69) is 49.9 Å². The Morgan fingerprint density at radius 3 is 2.77 bits per heavy atom. The number of hydrogen-bond donors (Lipinski definition) is 0. The summed E-state index contributed by atoms with van der Waals surface area (Å²) in [6.07, 6.45) is 7.59. The highest BCUT2D eigenvalue weighted by atomic mass is 32.2. The smallest absolute Gasteiger partial charge is 0.266 e. The molecule has 2 aliphatic rings. The number of piperidine rings is 1. The third-order valence-corrected chi connectivity index (χ3v) is 7.66. The van der Waals surface area contributed by atoms with Gasteiger partial charge in [-0.2, -0.15) is 0 Å². The number of aryl methyl sites for hydroxylation is 1. The fourth-order valence-corrected chi connectivity index (χ4v) is 5.59. The Hall–Kier alpha value is -1.92. The van der Waals surface area contributed by atoms with Crippen LogP contribution in [0.25, 0.3) is 17.0 Å². The second-order valence-electron chi connectivity index (χ2n) is 8.76. The molecule has 6 heteroatoms. The quantitative estimate of drug-likeness (QED) is 0.297. The lowest BCUT2D eigenvalue weighted by Crippen LogP contribution is -2.34. The number of carbonyl (C=O) groups excluding carboxylic acids is 1. The van der Waals surface area contributed by atoms with Crippen LogP contribution >= 0.6 is 24.0 Å². The van der Waals surface area contributed by atoms with Gasteiger partial charge < -0.3 is 4.90 Å². The SMILES string of the molecule is CCCCCN1C(=O)/C(=C/c2cc3cccc(C)c3nc2N2CCC(C)CC2)SC1=S. The summed E-state index contributed by atoms with van der Waals surface area (Å²) < 4.78 is 0.672. The van der Waals surface area contributed by atoms with Crippen LogP contribution < -0.4 is 4.90 Å². The van der Waals surface area contributed by atoms with Gasteiger partial charge >= 0.3 is 0 Å². The van der Waals surface area contributed by atoms with Crippen molar-refractivity contribution in [3.8, 4) is 0 Å². The summed E-state index contributed by atoms with van der Waals surface area (Å²) in [7, 11) is 0. The standard InChI is InChI=1S/C25H31N3OS2/c1-4-5-6-12-28-24(29)21(31-25(28)30)16-20-15-19-9-7-8-18(3)22(19)26-23(20)27-13-10-17(2)11-14-27/h7-9,15-17H,4-6,10-14H2,1-3H3/b21-16-. The normalized spacial score (nSPS) is 19.3. The van der Waals surface area contributed by atoms with E-state index < -0.39 is 0 Å². The number of rotatable bonds is 6. The second-order valence-corrected chi connectivity index (χ2v) is 10.4. The van der Waals surface area contributed by atoms with Gasteiger partial charge in [0.2, 0.25) is 0 Å². The van der Waals surface area contributed by atoms with E-state index >= 15 is 0 Å². The lowest BCUT2D eigenvalue weighted by Gasteiger charge is -2.32. The van der Waals surface area contributed by atoms with E-state index in [9.17, 15) is 4.79 Å². The molecule has 0 unspecified atom stereocenters. The lowest BCUT2D eigenvalue weighted by atomic mass is 9.98. The van der Waals surface area contributed by atoms with Crippen LogP contribution in [0.2, 0.25) is 0 Å². The number of nitrogens with zero attached hydrogens (tertiary/aromatic N) is 3. The van der Waals surface area contributed by atoms with Gasteiger partial charge in [0.05, 0.1) is 10.4 Å². The molecule has 31 heavy (non-hydrogen) atoms. The average molecular weight is 454 g/mol. The van der Waals surface area contributed by atoms with Crippen LogP contribution in [0.1, 0.15) is 57.1 Å². The molecule has 3 heterocycles. The molecule has 1 amide bonds. The van der Waals surface area contributed by atoms with Gasteiger partial charge in [-0.15, -0.1) is 0 Å². The molecule has 1 aromatic carbocycles. The van der Waals surface area contributed by atoms with Crippen molar-refractivity contribution in [1.29, 1.82) is 0 Å². The Balaban J connectivity index is 1.71. The van der Waals surface area contributed by atoms with Gasteiger partial charge in [0.25, 0.3) is 5.91 Å². The van der Waals surface area contributed by atoms with E-state index in [0.29, 0.717) is 15.8 Å². The van der Waals surface area contributed by atoms with E-state index in [1.807, 2.05) is 6.08 Å². The maximum atomic E-state index is 13.1. The van der Waals surface area contributed by atoms with E-state index in [-0.39, 0.29) is 5.91 Å². The molecular formula is C25H31N3OS2. The molecule has 0 saturated carbocycles. The minimum absolute atomic E-state index is 0.0358. The number of amides is 1. The Morgan fingerprint density at radius 1 is 1.26 bits per heavy atom. The molecular weight excluding hydrogens is 422 g/mol. The number of carbonyl (C=O) groups is 1. The van der Waals surface area contributed by atoms with Crippen molar-refractivity contribution >= 4 is 57.0 Å². The number of thiocarbonyl (C=S) groups is 1. The van der Waals surface area contributed by atoms with Crippen LogP contribution in [-0.2, 0) is 4.79 Å². The van der Waals surface area contributed by atoms with Gasteiger partial charge in [0.15, 0.2) is 0 Å². The lowest BCUT2D eigenvalue weighted by molar-refractivity contribution is -0.122.